The van der Waals surface area contributed by atoms with Crippen molar-refractivity contribution in [2.45, 2.75) is 11.5 Å². The number of aliphatic hydroxyl groups is 1. The first-order chi connectivity index (χ1) is 15.2. The highest BCUT2D eigenvalue weighted by atomic mass is 19.3. The van der Waals surface area contributed by atoms with Gasteiger partial charge in [-0.1, -0.05) is 18.2 Å². The summed E-state index contributed by atoms with van der Waals surface area (Å²) >= 11 is 0. The van der Waals surface area contributed by atoms with Gasteiger partial charge < -0.3 is 10.4 Å². The van der Waals surface area contributed by atoms with Crippen LogP contribution in [0, 0.1) is 22.9 Å². The number of aliphatic imine (C=N–C) groups is 1. The molecular weight excluding hydrogens is 431 g/mol. The van der Waals surface area contributed by atoms with Gasteiger partial charge in [-0.15, -0.1) is 0 Å². The van der Waals surface area contributed by atoms with Crippen LogP contribution >= 0.6 is 0 Å². The van der Waals surface area contributed by atoms with Crippen LogP contribution in [0.2, 0.25) is 0 Å². The second-order valence-electron chi connectivity index (χ2n) is 6.86. The van der Waals surface area contributed by atoms with Gasteiger partial charge in [0, 0.05) is 23.4 Å². The molecule has 166 valence electrons. The molecule has 0 bridgehead atoms. The quantitative estimate of drug-likeness (QED) is 0.280. The van der Waals surface area contributed by atoms with Crippen LogP contribution in [0.5, 0.6) is 0 Å². The molecule has 32 heavy (non-hydrogen) atoms. The zero-order valence-electron chi connectivity index (χ0n) is 16.4. The molecule has 0 aliphatic heterocycles. The summed E-state index contributed by atoms with van der Waals surface area (Å²) in [5.74, 6) is -6.92. The Labute approximate surface area is 179 Å². The molecule has 0 fully saturated rings. The molecule has 0 radical (unpaired) electrons. The third-order valence-electron chi connectivity index (χ3n) is 4.84. The molecule has 1 atom stereocenters. The van der Waals surface area contributed by atoms with Gasteiger partial charge in [0.05, 0.1) is 0 Å². The number of quaternary nitrogens is 1. The lowest BCUT2D eigenvalue weighted by Crippen LogP contribution is -2.87. The van der Waals surface area contributed by atoms with E-state index < -0.39 is 46.8 Å². The summed E-state index contributed by atoms with van der Waals surface area (Å²) in [4.78, 5) is 7.17. The van der Waals surface area contributed by atoms with Gasteiger partial charge in [-0.25, -0.2) is 13.2 Å². The summed E-state index contributed by atoms with van der Waals surface area (Å²) in [7, 11) is 0. The minimum Gasteiger partial charge on any atom is -0.374 e. The summed E-state index contributed by atoms with van der Waals surface area (Å²) in [5, 5.41) is 18.9. The number of pyridine rings is 1. The van der Waals surface area contributed by atoms with Crippen molar-refractivity contribution in [3.63, 3.8) is 0 Å². The minimum absolute atomic E-state index is 0.396. The molecule has 0 aliphatic carbocycles. The van der Waals surface area contributed by atoms with Crippen LogP contribution in [-0.4, -0.2) is 29.3 Å². The molecule has 3 rings (SSSR count). The minimum atomic E-state index is -4.11. The first-order valence-electron chi connectivity index (χ1n) is 9.31. The number of benzene rings is 2. The van der Waals surface area contributed by atoms with Crippen molar-refractivity contribution in [3.05, 3.63) is 89.5 Å². The van der Waals surface area contributed by atoms with Crippen LogP contribution in [0.1, 0.15) is 11.3 Å². The number of hydrogen-bond donors (Lipinski definition) is 3. The van der Waals surface area contributed by atoms with E-state index in [9.17, 15) is 18.3 Å². The Morgan fingerprint density at radius 3 is 2.22 bits per heavy atom. The summed E-state index contributed by atoms with van der Waals surface area (Å²) < 4.78 is 71.9. The van der Waals surface area contributed by atoms with E-state index in [0.29, 0.717) is 23.5 Å². The van der Waals surface area contributed by atoms with Crippen molar-refractivity contribution in [1.29, 1.82) is 5.41 Å². The highest BCUT2D eigenvalue weighted by Crippen LogP contribution is 2.45. The van der Waals surface area contributed by atoms with Crippen molar-refractivity contribution < 1.29 is 32.4 Å². The third kappa shape index (κ3) is 4.56. The van der Waals surface area contributed by atoms with Crippen LogP contribution in [0.4, 0.5) is 22.0 Å². The van der Waals surface area contributed by atoms with Crippen LogP contribution in [0.25, 0.3) is 11.1 Å². The van der Waals surface area contributed by atoms with Gasteiger partial charge in [-0.2, -0.15) is 13.8 Å². The summed E-state index contributed by atoms with van der Waals surface area (Å²) in [6, 6.07) is 9.50. The van der Waals surface area contributed by atoms with Crippen LogP contribution in [0.15, 0.2) is 65.8 Å². The Balaban J connectivity index is 2.02. The number of hydrogen-bond acceptors (Lipinski definition) is 3. The number of nitrogens with zero attached hydrogens (tertiary/aromatic N) is 2. The predicted octanol–water partition coefficient (Wildman–Crippen LogP) is 3.34. The lowest BCUT2D eigenvalue weighted by molar-refractivity contribution is -0.560. The molecule has 10 heteroatoms. The van der Waals surface area contributed by atoms with Crippen molar-refractivity contribution in [3.8, 4) is 11.1 Å². The van der Waals surface area contributed by atoms with E-state index in [1.54, 1.807) is 0 Å². The smallest absolute Gasteiger partial charge is 0.327 e. The van der Waals surface area contributed by atoms with Gasteiger partial charge in [0.25, 0.3) is 0 Å². The largest absolute Gasteiger partial charge is 0.374 e. The number of nitrogens with one attached hydrogen (secondary N) is 1. The van der Waals surface area contributed by atoms with Crippen molar-refractivity contribution in [2.24, 2.45) is 4.99 Å². The Morgan fingerprint density at radius 2 is 1.62 bits per heavy atom. The number of rotatable bonds is 8. The fourth-order valence-corrected chi connectivity index (χ4v) is 3.16. The van der Waals surface area contributed by atoms with Crippen LogP contribution in [-0.2, 0) is 11.5 Å². The van der Waals surface area contributed by atoms with E-state index in [2.05, 4.69) is 9.98 Å². The molecular formula is C22H18F5N4O+. The normalized spacial score (nSPS) is 13.8. The number of nitrogens with two attached hydrogens (primary N) is 1. The third-order valence-corrected chi connectivity index (χ3v) is 4.84. The molecule has 2 aromatic carbocycles. The second kappa shape index (κ2) is 9.33. The molecule has 0 saturated heterocycles. The van der Waals surface area contributed by atoms with Gasteiger partial charge in [0.1, 0.15) is 36.0 Å². The molecule has 0 saturated carbocycles. The maximum atomic E-state index is 15.5. The Hall–Kier alpha value is -3.50. The van der Waals surface area contributed by atoms with Crippen molar-refractivity contribution in [2.75, 3.05) is 6.54 Å². The molecule has 5 nitrogen and oxygen atoms in total. The van der Waals surface area contributed by atoms with Gasteiger partial charge in [-0.3, -0.25) is 10.4 Å². The predicted molar refractivity (Wildman–Crippen MR) is 108 cm³/mol. The molecule has 4 N–H and O–H groups in total. The fraction of sp³-hybridized carbons (Fsp3) is 0.136. The van der Waals surface area contributed by atoms with Gasteiger partial charge in [0.15, 0.2) is 6.34 Å². The number of aromatic nitrogens is 1. The topological polar surface area (TPSA) is 85.9 Å². The molecule has 3 aromatic rings. The zero-order chi connectivity index (χ0) is 23.4. The Bertz CT molecular complexity index is 1120. The average Bonchev–Trinajstić information content (AvgIpc) is 2.77. The molecule has 0 aliphatic rings. The van der Waals surface area contributed by atoms with Crippen molar-refractivity contribution >= 4 is 12.7 Å². The standard InChI is InChI=1S/C22H17F5N4O/c23-16-4-1-14(2-5-16)15-3-8-20(31-10-15)22(26,27)21(32,11-29-13-30-12-28)18-7-6-17(24)9-19(18)25/h1-10,12-13,32H,11H2,(H2,28,29,30)/p+1. The highest BCUT2D eigenvalue weighted by molar-refractivity contribution is 5.63. The maximum Gasteiger partial charge on any atom is 0.327 e. The van der Waals surface area contributed by atoms with E-state index in [1.807, 2.05) is 0 Å². The SMILES string of the molecule is N=CN=C[NH2+]CC(O)(c1ccc(F)cc1F)C(F)(F)c1ccc(-c2ccc(F)cc2)cn1. The highest BCUT2D eigenvalue weighted by Gasteiger charge is 2.58. The van der Waals surface area contributed by atoms with Crippen LogP contribution < -0.4 is 5.32 Å². The van der Waals surface area contributed by atoms with Crippen LogP contribution in [0.3, 0.4) is 0 Å². The fourth-order valence-electron chi connectivity index (χ4n) is 3.16. The number of alkyl halides is 2. The summed E-state index contributed by atoms with van der Waals surface area (Å²) in [6.45, 7) is -0.804. The molecule has 0 spiro atoms. The Morgan fingerprint density at radius 1 is 0.969 bits per heavy atom. The molecule has 0 amide bonds. The van der Waals surface area contributed by atoms with E-state index in [1.165, 1.54) is 30.3 Å². The monoisotopic (exact) mass is 449 g/mol. The maximum absolute atomic E-state index is 15.5. The molecule has 1 heterocycles. The molecule has 1 aromatic heterocycles. The summed E-state index contributed by atoms with van der Waals surface area (Å²) in [5.41, 5.74) is -3.86. The van der Waals surface area contributed by atoms with E-state index in [0.717, 1.165) is 36.1 Å². The van der Waals surface area contributed by atoms with E-state index in [4.69, 9.17) is 5.41 Å². The Kier molecular flexibility index (Phi) is 6.75. The first-order valence-corrected chi connectivity index (χ1v) is 9.31. The first kappa shape index (κ1) is 23.2. The second-order valence-corrected chi connectivity index (χ2v) is 6.86. The van der Waals surface area contributed by atoms with Crippen molar-refractivity contribution in [1.82, 2.24) is 4.98 Å². The zero-order valence-corrected chi connectivity index (χ0v) is 16.4. The lowest BCUT2D eigenvalue weighted by atomic mass is 9.84. The lowest BCUT2D eigenvalue weighted by Gasteiger charge is -2.34. The number of halogens is 5. The van der Waals surface area contributed by atoms with E-state index >= 15 is 8.78 Å². The van der Waals surface area contributed by atoms with Gasteiger partial charge >= 0.3 is 5.92 Å². The van der Waals surface area contributed by atoms with E-state index in [-0.39, 0.29) is 0 Å². The summed E-state index contributed by atoms with van der Waals surface area (Å²) in [6.07, 6.45) is 2.78. The molecule has 1 unspecified atom stereocenters. The van der Waals surface area contributed by atoms with Gasteiger partial charge in [-0.05, 0) is 35.9 Å². The van der Waals surface area contributed by atoms with Gasteiger partial charge in [0.2, 0.25) is 5.60 Å². The average molecular weight is 449 g/mol.